The Morgan fingerprint density at radius 3 is 2.17 bits per heavy atom. The molecule has 6 nitrogen and oxygen atoms in total. The molecule has 4 rings (SSSR count). The van der Waals surface area contributed by atoms with Crippen LogP contribution in [0.25, 0.3) is 0 Å². The summed E-state index contributed by atoms with van der Waals surface area (Å²) in [5.74, 6) is 1.09. The van der Waals surface area contributed by atoms with E-state index in [0.29, 0.717) is 6.04 Å². The quantitative estimate of drug-likeness (QED) is 0.582. The van der Waals surface area contributed by atoms with Gasteiger partial charge in [0.2, 0.25) is 5.91 Å². The zero-order valence-corrected chi connectivity index (χ0v) is 21.2. The van der Waals surface area contributed by atoms with Crippen LogP contribution in [0.4, 0.5) is 5.69 Å². The molecule has 0 aromatic heterocycles. The molecule has 2 heterocycles. The zero-order valence-electron chi connectivity index (χ0n) is 21.2. The van der Waals surface area contributed by atoms with Gasteiger partial charge in [0.1, 0.15) is 5.75 Å². The number of carbonyl (C=O) groups excluding carboxylic acids is 2. The number of rotatable bonds is 8. The van der Waals surface area contributed by atoms with Gasteiger partial charge in [0.15, 0.2) is 0 Å². The molecule has 0 unspecified atom stereocenters. The molecule has 2 aliphatic heterocycles. The van der Waals surface area contributed by atoms with E-state index in [1.165, 1.54) is 18.4 Å². The number of aryl methyl sites for hydroxylation is 1. The van der Waals surface area contributed by atoms with Gasteiger partial charge in [-0.1, -0.05) is 25.5 Å². The molecule has 0 aliphatic carbocycles. The molecular formula is C29H39N3O3. The number of methoxy groups -OCH3 is 1. The van der Waals surface area contributed by atoms with Gasteiger partial charge in [-0.2, -0.15) is 0 Å². The molecule has 0 bridgehead atoms. The van der Waals surface area contributed by atoms with Gasteiger partial charge < -0.3 is 19.9 Å². The fourth-order valence-corrected chi connectivity index (χ4v) is 5.26. The molecule has 2 aromatic carbocycles. The van der Waals surface area contributed by atoms with E-state index >= 15 is 0 Å². The van der Waals surface area contributed by atoms with Crippen molar-refractivity contribution in [1.29, 1.82) is 0 Å². The highest BCUT2D eigenvalue weighted by molar-refractivity contribution is 5.94. The third-order valence-corrected chi connectivity index (χ3v) is 7.55. The minimum absolute atomic E-state index is 0.0512. The van der Waals surface area contributed by atoms with Crippen LogP contribution < -0.4 is 10.1 Å². The van der Waals surface area contributed by atoms with Crippen molar-refractivity contribution in [2.24, 2.45) is 5.92 Å². The fraction of sp³-hybridized carbons (Fsp3) is 0.517. The average Bonchev–Trinajstić information content (AvgIpc) is 2.92. The summed E-state index contributed by atoms with van der Waals surface area (Å²) in [6, 6.07) is 16.2. The number of nitrogens with one attached hydrogen (secondary N) is 1. The van der Waals surface area contributed by atoms with Gasteiger partial charge in [-0.25, -0.2) is 0 Å². The molecule has 0 saturated carbocycles. The predicted octanol–water partition coefficient (Wildman–Crippen LogP) is 4.99. The number of benzene rings is 2. The summed E-state index contributed by atoms with van der Waals surface area (Å²) < 4.78 is 5.18. The lowest BCUT2D eigenvalue weighted by molar-refractivity contribution is -0.121. The summed E-state index contributed by atoms with van der Waals surface area (Å²) >= 11 is 0. The third kappa shape index (κ3) is 6.63. The van der Waals surface area contributed by atoms with E-state index in [0.717, 1.165) is 75.3 Å². The Balaban J connectivity index is 1.20. The fourth-order valence-electron chi connectivity index (χ4n) is 5.26. The maximum Gasteiger partial charge on any atom is 0.253 e. The van der Waals surface area contributed by atoms with Crippen LogP contribution in [-0.2, 0) is 11.2 Å². The Kier molecular flexibility index (Phi) is 8.80. The highest BCUT2D eigenvalue weighted by Crippen LogP contribution is 2.26. The molecule has 2 saturated heterocycles. The molecule has 0 spiro atoms. The molecule has 2 aromatic rings. The van der Waals surface area contributed by atoms with Gasteiger partial charge in [0.25, 0.3) is 5.91 Å². The lowest BCUT2D eigenvalue weighted by Crippen LogP contribution is -2.49. The van der Waals surface area contributed by atoms with Crippen molar-refractivity contribution in [3.8, 4) is 5.75 Å². The number of anilines is 1. The van der Waals surface area contributed by atoms with Crippen LogP contribution in [-0.4, -0.2) is 60.9 Å². The second kappa shape index (κ2) is 12.2. The minimum atomic E-state index is 0.0512. The van der Waals surface area contributed by atoms with Crippen LogP contribution >= 0.6 is 0 Å². The summed E-state index contributed by atoms with van der Waals surface area (Å²) in [6.07, 6.45) is 7.22. The maximum atomic E-state index is 13.0. The second-order valence-corrected chi connectivity index (χ2v) is 9.85. The molecule has 1 N–H and O–H groups in total. The maximum absolute atomic E-state index is 13.0. The van der Waals surface area contributed by atoms with E-state index < -0.39 is 0 Å². The summed E-state index contributed by atoms with van der Waals surface area (Å²) in [6.45, 7) is 5.69. The largest absolute Gasteiger partial charge is 0.497 e. The summed E-state index contributed by atoms with van der Waals surface area (Å²) in [7, 11) is 1.63. The molecular weight excluding hydrogens is 438 g/mol. The van der Waals surface area contributed by atoms with Crippen molar-refractivity contribution in [3.05, 3.63) is 59.7 Å². The highest BCUT2D eigenvalue weighted by atomic mass is 16.5. The first-order valence-electron chi connectivity index (χ1n) is 13.1. The molecule has 2 fully saturated rings. The highest BCUT2D eigenvalue weighted by Gasteiger charge is 2.32. The SMILES string of the molecule is CCCCc1ccc(C(=O)N2CCC(N3CCC(C(=O)Nc4ccc(OC)cc4)CC3)CC2)cc1. The Labute approximate surface area is 209 Å². The van der Waals surface area contributed by atoms with Crippen molar-refractivity contribution < 1.29 is 14.3 Å². The normalized spacial score (nSPS) is 17.8. The lowest BCUT2D eigenvalue weighted by atomic mass is 9.92. The van der Waals surface area contributed by atoms with Gasteiger partial charge >= 0.3 is 0 Å². The molecule has 6 heteroatoms. The van der Waals surface area contributed by atoms with Crippen molar-refractivity contribution in [2.75, 3.05) is 38.6 Å². The summed E-state index contributed by atoms with van der Waals surface area (Å²) in [5, 5.41) is 3.05. The molecule has 35 heavy (non-hydrogen) atoms. The third-order valence-electron chi connectivity index (χ3n) is 7.55. The van der Waals surface area contributed by atoms with Crippen molar-refractivity contribution in [1.82, 2.24) is 9.80 Å². The van der Waals surface area contributed by atoms with Crippen LogP contribution in [0.2, 0.25) is 0 Å². The van der Waals surface area contributed by atoms with Crippen LogP contribution in [0.3, 0.4) is 0 Å². The number of carbonyl (C=O) groups is 2. The van der Waals surface area contributed by atoms with E-state index in [-0.39, 0.29) is 17.7 Å². The van der Waals surface area contributed by atoms with E-state index in [9.17, 15) is 9.59 Å². The number of likely N-dealkylation sites (tertiary alicyclic amines) is 2. The van der Waals surface area contributed by atoms with Crippen LogP contribution in [0, 0.1) is 5.92 Å². The number of ether oxygens (including phenoxy) is 1. The first kappa shape index (κ1) is 25.2. The van der Waals surface area contributed by atoms with E-state index in [2.05, 4.69) is 29.3 Å². The van der Waals surface area contributed by atoms with E-state index in [1.54, 1.807) is 7.11 Å². The zero-order chi connectivity index (χ0) is 24.6. The lowest BCUT2D eigenvalue weighted by Gasteiger charge is -2.41. The number of hydrogen-bond donors (Lipinski definition) is 1. The molecule has 0 radical (unpaired) electrons. The number of piperidine rings is 2. The van der Waals surface area contributed by atoms with Crippen molar-refractivity contribution in [3.63, 3.8) is 0 Å². The van der Waals surface area contributed by atoms with Crippen LogP contribution in [0.1, 0.15) is 61.4 Å². The Morgan fingerprint density at radius 2 is 1.57 bits per heavy atom. The monoisotopic (exact) mass is 477 g/mol. The van der Waals surface area contributed by atoms with E-state index in [1.807, 2.05) is 41.3 Å². The first-order valence-corrected chi connectivity index (χ1v) is 13.1. The number of unbranched alkanes of at least 4 members (excludes halogenated alkanes) is 1. The first-order chi connectivity index (χ1) is 17.1. The predicted molar refractivity (Wildman–Crippen MR) is 140 cm³/mol. The molecule has 188 valence electrons. The van der Waals surface area contributed by atoms with Crippen molar-refractivity contribution >= 4 is 17.5 Å². The van der Waals surface area contributed by atoms with E-state index in [4.69, 9.17) is 4.74 Å². The molecule has 2 amide bonds. The van der Waals surface area contributed by atoms with Crippen molar-refractivity contribution in [2.45, 2.75) is 57.9 Å². The molecule has 0 atom stereocenters. The summed E-state index contributed by atoms with van der Waals surface area (Å²) in [5.41, 5.74) is 2.92. The van der Waals surface area contributed by atoms with Gasteiger partial charge in [-0.05, 0) is 93.6 Å². The number of nitrogens with zero attached hydrogens (tertiary/aromatic N) is 2. The van der Waals surface area contributed by atoms with Gasteiger partial charge in [-0.15, -0.1) is 0 Å². The summed E-state index contributed by atoms with van der Waals surface area (Å²) in [4.78, 5) is 30.2. The van der Waals surface area contributed by atoms with Gasteiger partial charge in [0, 0.05) is 36.3 Å². The Bertz CT molecular complexity index is 958. The Hall–Kier alpha value is -2.86. The number of amides is 2. The second-order valence-electron chi connectivity index (χ2n) is 9.85. The van der Waals surface area contributed by atoms with Crippen LogP contribution in [0.15, 0.2) is 48.5 Å². The van der Waals surface area contributed by atoms with Gasteiger partial charge in [0.05, 0.1) is 7.11 Å². The Morgan fingerprint density at radius 1 is 0.914 bits per heavy atom. The smallest absolute Gasteiger partial charge is 0.253 e. The molecule has 2 aliphatic rings. The standard InChI is InChI=1S/C29H39N3O3/c1-3-4-5-22-6-8-24(9-7-22)29(34)32-20-16-26(17-21-32)31-18-14-23(15-19-31)28(33)30-25-10-12-27(35-2)13-11-25/h6-13,23,26H,3-5,14-21H2,1-2H3,(H,30,33). The number of hydrogen-bond acceptors (Lipinski definition) is 4. The topological polar surface area (TPSA) is 61.9 Å². The minimum Gasteiger partial charge on any atom is -0.497 e. The average molecular weight is 478 g/mol. The van der Waals surface area contributed by atoms with Gasteiger partial charge in [-0.3, -0.25) is 9.59 Å². The van der Waals surface area contributed by atoms with Crippen LogP contribution in [0.5, 0.6) is 5.75 Å².